The summed E-state index contributed by atoms with van der Waals surface area (Å²) in [5.41, 5.74) is 0.920. The molecular formula is C11H10FN2O2-. The van der Waals surface area contributed by atoms with Crippen LogP contribution in [0.3, 0.4) is 0 Å². The average Bonchev–Trinajstić information content (AvgIpc) is 2.55. The minimum atomic E-state index is -1.36. The molecule has 1 heterocycles. The monoisotopic (exact) mass is 221 g/mol. The fourth-order valence-corrected chi connectivity index (χ4v) is 1.74. The highest BCUT2D eigenvalue weighted by molar-refractivity contribution is 5.88. The molecule has 2 aromatic rings. The van der Waals surface area contributed by atoms with Crippen LogP contribution in [0, 0.1) is 5.82 Å². The second-order valence-electron chi connectivity index (χ2n) is 3.82. The number of aromatic nitrogens is 2. The number of hydrogen-bond donors (Lipinski definition) is 0. The van der Waals surface area contributed by atoms with Crippen molar-refractivity contribution in [3.8, 4) is 0 Å². The van der Waals surface area contributed by atoms with Crippen molar-refractivity contribution in [2.45, 2.75) is 19.9 Å². The summed E-state index contributed by atoms with van der Waals surface area (Å²) < 4.78 is 14.5. The van der Waals surface area contributed by atoms with Crippen LogP contribution in [0.4, 0.5) is 4.39 Å². The highest BCUT2D eigenvalue weighted by Crippen LogP contribution is 2.21. The van der Waals surface area contributed by atoms with Crippen LogP contribution >= 0.6 is 0 Å². The molecule has 1 aromatic carbocycles. The first-order chi connectivity index (χ1) is 7.50. The van der Waals surface area contributed by atoms with Gasteiger partial charge in [-0.2, -0.15) is 0 Å². The molecule has 4 nitrogen and oxygen atoms in total. The zero-order valence-electron chi connectivity index (χ0n) is 8.90. The van der Waals surface area contributed by atoms with Gasteiger partial charge in [0.25, 0.3) is 0 Å². The van der Waals surface area contributed by atoms with Crippen LogP contribution in [0.5, 0.6) is 0 Å². The van der Waals surface area contributed by atoms with E-state index in [1.165, 1.54) is 22.8 Å². The minimum absolute atomic E-state index is 0.0802. The van der Waals surface area contributed by atoms with Crippen LogP contribution in [-0.4, -0.2) is 15.5 Å². The molecule has 0 N–H and O–H groups in total. The molecule has 0 unspecified atom stereocenters. The lowest BCUT2D eigenvalue weighted by atomic mass is 10.3. The number of aromatic carboxylic acids is 1. The number of carbonyl (C=O) groups excluding carboxylic acids is 1. The number of carboxylic acid groups (broad SMARTS) is 1. The van der Waals surface area contributed by atoms with E-state index in [0.29, 0.717) is 11.0 Å². The van der Waals surface area contributed by atoms with E-state index in [4.69, 9.17) is 0 Å². The zero-order chi connectivity index (χ0) is 11.9. The molecule has 84 valence electrons. The minimum Gasteiger partial charge on any atom is -0.542 e. The molecule has 0 amide bonds. The van der Waals surface area contributed by atoms with Gasteiger partial charge in [0.15, 0.2) is 5.82 Å². The lowest BCUT2D eigenvalue weighted by Gasteiger charge is -2.12. The van der Waals surface area contributed by atoms with E-state index in [1.54, 1.807) is 0 Å². The molecule has 0 saturated carbocycles. The third kappa shape index (κ3) is 1.54. The molecule has 0 radical (unpaired) electrons. The highest BCUT2D eigenvalue weighted by Gasteiger charge is 2.14. The molecule has 0 aliphatic heterocycles. The number of carboxylic acids is 1. The summed E-state index contributed by atoms with van der Waals surface area (Å²) in [6, 6.07) is 3.93. The Balaban J connectivity index is 2.81. The van der Waals surface area contributed by atoms with Gasteiger partial charge in [0.05, 0.1) is 11.0 Å². The third-order valence-corrected chi connectivity index (χ3v) is 2.35. The predicted octanol–water partition coefficient (Wildman–Crippen LogP) is 1.12. The van der Waals surface area contributed by atoms with Gasteiger partial charge in [-0.1, -0.05) is 0 Å². The van der Waals surface area contributed by atoms with Crippen molar-refractivity contribution in [2.24, 2.45) is 0 Å². The normalized spacial score (nSPS) is 11.2. The van der Waals surface area contributed by atoms with Crippen molar-refractivity contribution in [3.63, 3.8) is 0 Å². The molecule has 0 saturated heterocycles. The topological polar surface area (TPSA) is 58.0 Å². The number of imidazole rings is 1. The summed E-state index contributed by atoms with van der Waals surface area (Å²) in [7, 11) is 0. The van der Waals surface area contributed by atoms with Gasteiger partial charge in [-0.05, 0) is 26.0 Å². The van der Waals surface area contributed by atoms with Crippen molar-refractivity contribution in [1.82, 2.24) is 9.55 Å². The first-order valence-electron chi connectivity index (χ1n) is 4.89. The second-order valence-corrected chi connectivity index (χ2v) is 3.82. The van der Waals surface area contributed by atoms with E-state index in [9.17, 15) is 14.3 Å². The highest BCUT2D eigenvalue weighted by atomic mass is 19.1. The molecule has 0 aliphatic rings. The SMILES string of the molecule is CC(C)n1c(C(=O)[O-])nc2cc(F)ccc21. The summed E-state index contributed by atoms with van der Waals surface area (Å²) in [4.78, 5) is 14.7. The van der Waals surface area contributed by atoms with Crippen LogP contribution in [0.2, 0.25) is 0 Å². The van der Waals surface area contributed by atoms with Gasteiger partial charge < -0.3 is 14.5 Å². The van der Waals surface area contributed by atoms with Crippen molar-refractivity contribution < 1.29 is 14.3 Å². The smallest absolute Gasteiger partial charge is 0.157 e. The maximum absolute atomic E-state index is 13.0. The fraction of sp³-hybridized carbons (Fsp3) is 0.273. The molecule has 0 atom stereocenters. The standard InChI is InChI=1S/C11H11FN2O2/c1-6(2)14-9-4-3-7(12)5-8(9)13-10(14)11(15)16/h3-6H,1-2H3,(H,15,16)/p-1. The summed E-state index contributed by atoms with van der Waals surface area (Å²) >= 11 is 0. The van der Waals surface area contributed by atoms with Gasteiger partial charge in [-0.3, -0.25) is 0 Å². The number of fused-ring (bicyclic) bond motifs is 1. The number of halogens is 1. The Morgan fingerprint density at radius 1 is 1.50 bits per heavy atom. The maximum Gasteiger partial charge on any atom is 0.157 e. The number of nitrogens with zero attached hydrogens (tertiary/aromatic N) is 2. The Morgan fingerprint density at radius 2 is 2.19 bits per heavy atom. The lowest BCUT2D eigenvalue weighted by molar-refractivity contribution is -0.256. The maximum atomic E-state index is 13.0. The van der Waals surface area contributed by atoms with Crippen molar-refractivity contribution in [3.05, 3.63) is 29.8 Å². The Hall–Kier alpha value is -1.91. The fourth-order valence-electron chi connectivity index (χ4n) is 1.74. The Bertz CT molecular complexity index is 560. The quantitative estimate of drug-likeness (QED) is 0.763. The van der Waals surface area contributed by atoms with E-state index < -0.39 is 11.8 Å². The number of rotatable bonds is 2. The van der Waals surface area contributed by atoms with E-state index in [-0.39, 0.29) is 11.9 Å². The third-order valence-electron chi connectivity index (χ3n) is 2.35. The largest absolute Gasteiger partial charge is 0.542 e. The molecule has 1 aromatic heterocycles. The van der Waals surface area contributed by atoms with E-state index in [0.717, 1.165) is 0 Å². The number of benzene rings is 1. The van der Waals surface area contributed by atoms with Crippen LogP contribution < -0.4 is 5.11 Å². The second kappa shape index (κ2) is 3.59. The van der Waals surface area contributed by atoms with Gasteiger partial charge >= 0.3 is 0 Å². The number of hydrogen-bond acceptors (Lipinski definition) is 3. The van der Waals surface area contributed by atoms with Crippen LogP contribution in [0.15, 0.2) is 18.2 Å². The lowest BCUT2D eigenvalue weighted by Crippen LogP contribution is -2.27. The van der Waals surface area contributed by atoms with Crippen molar-refractivity contribution in [2.75, 3.05) is 0 Å². The van der Waals surface area contributed by atoms with Gasteiger partial charge in [-0.15, -0.1) is 0 Å². The molecule has 0 aliphatic carbocycles. The molecule has 0 fully saturated rings. The van der Waals surface area contributed by atoms with E-state index in [2.05, 4.69) is 4.98 Å². The van der Waals surface area contributed by atoms with Crippen LogP contribution in [0.25, 0.3) is 11.0 Å². The van der Waals surface area contributed by atoms with Crippen LogP contribution in [-0.2, 0) is 0 Å². The van der Waals surface area contributed by atoms with Gasteiger partial charge in [0.1, 0.15) is 11.8 Å². The summed E-state index contributed by atoms with van der Waals surface area (Å²) in [5, 5.41) is 10.9. The molecular weight excluding hydrogens is 211 g/mol. The Morgan fingerprint density at radius 3 is 2.75 bits per heavy atom. The summed E-state index contributed by atoms with van der Waals surface area (Å²) in [5.74, 6) is -1.97. The molecule has 16 heavy (non-hydrogen) atoms. The van der Waals surface area contributed by atoms with Crippen LogP contribution in [0.1, 0.15) is 30.5 Å². The average molecular weight is 221 g/mol. The summed E-state index contributed by atoms with van der Waals surface area (Å²) in [6.07, 6.45) is 0. The van der Waals surface area contributed by atoms with Crippen molar-refractivity contribution >= 4 is 17.0 Å². The predicted molar refractivity (Wildman–Crippen MR) is 54.4 cm³/mol. The molecule has 2 rings (SSSR count). The van der Waals surface area contributed by atoms with Gasteiger partial charge in [-0.25, -0.2) is 9.37 Å². The molecule has 0 spiro atoms. The number of carbonyl (C=O) groups is 1. The molecule has 0 bridgehead atoms. The first-order valence-corrected chi connectivity index (χ1v) is 4.89. The van der Waals surface area contributed by atoms with Gasteiger partial charge in [0, 0.05) is 12.1 Å². The van der Waals surface area contributed by atoms with Gasteiger partial charge in [0.2, 0.25) is 0 Å². The summed E-state index contributed by atoms with van der Waals surface area (Å²) in [6.45, 7) is 3.66. The van der Waals surface area contributed by atoms with E-state index >= 15 is 0 Å². The zero-order valence-corrected chi connectivity index (χ0v) is 8.90. The Kier molecular flexibility index (Phi) is 2.38. The molecule has 5 heteroatoms. The Labute approximate surface area is 91.3 Å². The van der Waals surface area contributed by atoms with E-state index in [1.807, 2.05) is 13.8 Å². The first kappa shape index (κ1) is 10.6. The van der Waals surface area contributed by atoms with Crippen molar-refractivity contribution in [1.29, 1.82) is 0 Å².